The van der Waals surface area contributed by atoms with Gasteiger partial charge in [-0.15, -0.1) is 0 Å². The van der Waals surface area contributed by atoms with Crippen molar-refractivity contribution in [2.24, 2.45) is 11.8 Å². The quantitative estimate of drug-likeness (QED) is 0.0222. The van der Waals surface area contributed by atoms with E-state index in [2.05, 4.69) is 41.5 Å². The Kier molecular flexibility index (Phi) is 59.9. The second kappa shape index (κ2) is 61.3. The normalized spacial score (nSPS) is 14.5. The maximum Gasteiger partial charge on any atom is 0.472 e. The zero-order valence-electron chi connectivity index (χ0n) is 57.0. The summed E-state index contributed by atoms with van der Waals surface area (Å²) in [4.78, 5) is 72.5. The van der Waals surface area contributed by atoms with Crippen molar-refractivity contribution in [2.75, 3.05) is 39.6 Å². The van der Waals surface area contributed by atoms with Gasteiger partial charge in [0.05, 0.1) is 26.4 Å². The molecule has 0 amide bonds. The molecular formula is C69H134O17P2. The summed E-state index contributed by atoms with van der Waals surface area (Å²) in [5.74, 6) is -0.578. The number of aliphatic hydroxyl groups is 1. The van der Waals surface area contributed by atoms with Crippen molar-refractivity contribution in [3.63, 3.8) is 0 Å². The number of phosphoric ester groups is 2. The van der Waals surface area contributed by atoms with Gasteiger partial charge in [0.1, 0.15) is 19.3 Å². The fourth-order valence-electron chi connectivity index (χ4n) is 10.4. The summed E-state index contributed by atoms with van der Waals surface area (Å²) in [6.07, 6.45) is 45.6. The summed E-state index contributed by atoms with van der Waals surface area (Å²) in [5.41, 5.74) is 0. The number of hydrogen-bond acceptors (Lipinski definition) is 15. The molecule has 0 bridgehead atoms. The number of esters is 4. The molecule has 0 aromatic heterocycles. The molecule has 3 N–H and O–H groups in total. The van der Waals surface area contributed by atoms with Crippen LogP contribution in [0.5, 0.6) is 0 Å². The third-order valence-electron chi connectivity index (χ3n) is 16.3. The van der Waals surface area contributed by atoms with Gasteiger partial charge in [0.15, 0.2) is 12.2 Å². The Morgan fingerprint density at radius 3 is 0.864 bits per heavy atom. The highest BCUT2D eigenvalue weighted by Gasteiger charge is 2.30. The lowest BCUT2D eigenvalue weighted by Crippen LogP contribution is -2.30. The minimum atomic E-state index is -4.95. The van der Waals surface area contributed by atoms with E-state index < -0.39 is 97.5 Å². The molecule has 0 aromatic carbocycles. The molecule has 0 aromatic rings. The van der Waals surface area contributed by atoms with Crippen LogP contribution < -0.4 is 0 Å². The third kappa shape index (κ3) is 61.6. The van der Waals surface area contributed by atoms with E-state index in [-0.39, 0.29) is 25.7 Å². The van der Waals surface area contributed by atoms with Crippen LogP contribution in [0.25, 0.3) is 0 Å². The zero-order chi connectivity index (χ0) is 65.0. The molecule has 0 aliphatic heterocycles. The fraction of sp³-hybridized carbons (Fsp3) is 0.942. The molecule has 0 radical (unpaired) electrons. The van der Waals surface area contributed by atoms with Gasteiger partial charge in [0.25, 0.3) is 0 Å². The summed E-state index contributed by atoms with van der Waals surface area (Å²) in [6.45, 7) is 9.54. The van der Waals surface area contributed by atoms with E-state index in [1.54, 1.807) is 0 Å². The van der Waals surface area contributed by atoms with Crippen molar-refractivity contribution in [3.8, 4) is 0 Å². The summed E-state index contributed by atoms with van der Waals surface area (Å²) in [7, 11) is -9.90. The Balaban J connectivity index is 5.26. The predicted octanol–water partition coefficient (Wildman–Crippen LogP) is 19.6. The topological polar surface area (TPSA) is 237 Å². The van der Waals surface area contributed by atoms with Crippen molar-refractivity contribution < 1.29 is 80.2 Å². The van der Waals surface area contributed by atoms with Gasteiger partial charge in [0.2, 0.25) is 0 Å². The van der Waals surface area contributed by atoms with Crippen LogP contribution in [0.15, 0.2) is 0 Å². The van der Waals surface area contributed by atoms with E-state index in [9.17, 15) is 43.2 Å². The first-order chi connectivity index (χ1) is 42.4. The standard InChI is InChI=1S/C69H134O17P2/c1-7-10-12-14-16-18-20-21-28-35-41-47-53-68(73)85-64(57-79-66(71)51-45-39-33-27-19-17-15-13-11-8-2)59-83-87(75,76)81-55-63(70)56-82-88(77,78)84-60-65(58-80-67(72)52-46-40-34-30-24-25-31-37-43-49-61(4)5)86-69(74)54-48-42-36-29-23-22-26-32-38-44-50-62(6)9-3/h61-65,70H,7-60H2,1-6H3,(H,75,76)(H,77,78)/t62?,63-,64+,65+/m0/s1. The first-order valence-electron chi connectivity index (χ1n) is 36.0. The molecule has 0 rings (SSSR count). The lowest BCUT2D eigenvalue weighted by molar-refractivity contribution is -0.161. The van der Waals surface area contributed by atoms with Crippen molar-refractivity contribution >= 4 is 39.5 Å². The van der Waals surface area contributed by atoms with Crippen LogP contribution in [0.2, 0.25) is 0 Å². The Bertz CT molecular complexity index is 1720. The number of rotatable bonds is 68. The van der Waals surface area contributed by atoms with E-state index in [0.29, 0.717) is 25.7 Å². The lowest BCUT2D eigenvalue weighted by atomic mass is 9.99. The van der Waals surface area contributed by atoms with E-state index in [0.717, 1.165) is 102 Å². The molecule has 6 atom stereocenters. The Hall–Kier alpha value is -1.94. The SMILES string of the molecule is CCCCCCCCCCCCCCC(=O)O[C@H](COC(=O)CCCCCCCCCCCC)COP(=O)(O)OC[C@H](O)COP(=O)(O)OC[C@@H](COC(=O)CCCCCCCCCCCC(C)C)OC(=O)CCCCCCCCCCCCC(C)CC. The monoisotopic (exact) mass is 1300 g/mol. The molecule has 0 heterocycles. The number of phosphoric acid groups is 2. The van der Waals surface area contributed by atoms with Crippen LogP contribution in [0.4, 0.5) is 0 Å². The van der Waals surface area contributed by atoms with Gasteiger partial charge in [-0.2, -0.15) is 0 Å². The summed E-state index contributed by atoms with van der Waals surface area (Å²) < 4.78 is 68.2. The summed E-state index contributed by atoms with van der Waals surface area (Å²) in [6, 6.07) is 0. The average molecular weight is 1300 g/mol. The molecule has 17 nitrogen and oxygen atoms in total. The number of ether oxygens (including phenoxy) is 4. The van der Waals surface area contributed by atoms with Crippen molar-refractivity contribution in [3.05, 3.63) is 0 Å². The molecule has 0 saturated carbocycles. The van der Waals surface area contributed by atoms with Gasteiger partial charge in [-0.25, -0.2) is 9.13 Å². The molecular weight excluding hydrogens is 1160 g/mol. The van der Waals surface area contributed by atoms with Gasteiger partial charge >= 0.3 is 39.5 Å². The van der Waals surface area contributed by atoms with Crippen LogP contribution in [-0.4, -0.2) is 96.7 Å². The van der Waals surface area contributed by atoms with Crippen LogP contribution >= 0.6 is 15.6 Å². The van der Waals surface area contributed by atoms with Crippen LogP contribution in [0.1, 0.15) is 350 Å². The first-order valence-corrected chi connectivity index (χ1v) is 39.0. The van der Waals surface area contributed by atoms with Gasteiger partial charge < -0.3 is 33.8 Å². The Morgan fingerprint density at radius 2 is 0.580 bits per heavy atom. The second-order valence-electron chi connectivity index (χ2n) is 25.6. The summed E-state index contributed by atoms with van der Waals surface area (Å²) >= 11 is 0. The third-order valence-corrected chi connectivity index (χ3v) is 18.2. The minimum absolute atomic E-state index is 0.106. The first kappa shape index (κ1) is 86.1. The summed E-state index contributed by atoms with van der Waals surface area (Å²) in [5, 5.41) is 10.6. The largest absolute Gasteiger partial charge is 0.472 e. The van der Waals surface area contributed by atoms with E-state index in [4.69, 9.17) is 37.0 Å². The van der Waals surface area contributed by atoms with Gasteiger partial charge in [-0.05, 0) is 37.5 Å². The lowest BCUT2D eigenvalue weighted by Gasteiger charge is -2.21. The second-order valence-corrected chi connectivity index (χ2v) is 28.5. The number of unbranched alkanes of at least 4 members (excludes halogenated alkanes) is 37. The van der Waals surface area contributed by atoms with Crippen molar-refractivity contribution in [1.82, 2.24) is 0 Å². The van der Waals surface area contributed by atoms with Gasteiger partial charge in [-0.3, -0.25) is 37.3 Å². The highest BCUT2D eigenvalue weighted by atomic mass is 31.2. The Labute approximate surface area is 537 Å². The van der Waals surface area contributed by atoms with E-state index in [1.807, 2.05) is 0 Å². The van der Waals surface area contributed by atoms with Crippen molar-refractivity contribution in [1.29, 1.82) is 0 Å². The maximum absolute atomic E-state index is 13.0. The van der Waals surface area contributed by atoms with E-state index in [1.165, 1.54) is 167 Å². The average Bonchev–Trinajstić information content (AvgIpc) is 3.57. The molecule has 3 unspecified atom stereocenters. The fourth-order valence-corrected chi connectivity index (χ4v) is 12.0. The molecule has 19 heteroatoms. The van der Waals surface area contributed by atoms with E-state index >= 15 is 0 Å². The Morgan fingerprint density at radius 1 is 0.330 bits per heavy atom. The number of carbonyl (C=O) groups excluding carboxylic acids is 4. The van der Waals surface area contributed by atoms with Crippen molar-refractivity contribution in [2.45, 2.75) is 368 Å². The van der Waals surface area contributed by atoms with Gasteiger partial charge in [0, 0.05) is 25.7 Å². The molecule has 0 saturated heterocycles. The van der Waals surface area contributed by atoms with Crippen LogP contribution in [0.3, 0.4) is 0 Å². The predicted molar refractivity (Wildman–Crippen MR) is 354 cm³/mol. The van der Waals surface area contributed by atoms with Crippen LogP contribution in [0, 0.1) is 11.8 Å². The molecule has 0 aliphatic rings. The smallest absolute Gasteiger partial charge is 0.462 e. The van der Waals surface area contributed by atoms with Crippen LogP contribution in [-0.2, 0) is 65.4 Å². The highest BCUT2D eigenvalue weighted by molar-refractivity contribution is 7.47. The molecule has 0 fully saturated rings. The highest BCUT2D eigenvalue weighted by Crippen LogP contribution is 2.45. The zero-order valence-corrected chi connectivity index (χ0v) is 58.8. The number of aliphatic hydroxyl groups excluding tert-OH is 1. The number of hydrogen-bond donors (Lipinski definition) is 3. The maximum atomic E-state index is 13.0. The van der Waals surface area contributed by atoms with Gasteiger partial charge in [-0.1, -0.05) is 298 Å². The minimum Gasteiger partial charge on any atom is -0.462 e. The molecule has 0 aliphatic carbocycles. The molecule has 522 valence electrons. The number of carbonyl (C=O) groups is 4. The molecule has 88 heavy (non-hydrogen) atoms. The molecule has 0 spiro atoms.